The summed E-state index contributed by atoms with van der Waals surface area (Å²) in [5.74, 6) is 0.747. The van der Waals surface area contributed by atoms with Crippen LogP contribution in [0.3, 0.4) is 0 Å². The van der Waals surface area contributed by atoms with Gasteiger partial charge in [0.15, 0.2) is 5.60 Å². The number of hydrogen-bond donors (Lipinski definition) is 1. The summed E-state index contributed by atoms with van der Waals surface area (Å²) in [5, 5.41) is 2.91. The third-order valence-electron chi connectivity index (χ3n) is 3.56. The molecule has 1 saturated carbocycles. The van der Waals surface area contributed by atoms with Crippen LogP contribution in [0.2, 0.25) is 0 Å². The molecule has 0 saturated heterocycles. The number of benzene rings is 1. The van der Waals surface area contributed by atoms with Gasteiger partial charge >= 0.3 is 0 Å². The van der Waals surface area contributed by atoms with Gasteiger partial charge in [0, 0.05) is 19.4 Å². The predicted molar refractivity (Wildman–Crippen MR) is 67.7 cm³/mol. The fourth-order valence-corrected chi connectivity index (χ4v) is 2.26. The van der Waals surface area contributed by atoms with Crippen molar-refractivity contribution >= 4 is 11.6 Å². The zero-order chi connectivity index (χ0) is 12.8. The van der Waals surface area contributed by atoms with E-state index in [9.17, 15) is 4.79 Å². The van der Waals surface area contributed by atoms with Crippen molar-refractivity contribution in [2.75, 3.05) is 11.9 Å². The zero-order valence-corrected chi connectivity index (χ0v) is 10.7. The van der Waals surface area contributed by atoms with E-state index in [2.05, 4.69) is 5.32 Å². The molecule has 2 aliphatic rings. The first-order valence-electron chi connectivity index (χ1n) is 6.41. The minimum Gasteiger partial charge on any atom is -0.475 e. The van der Waals surface area contributed by atoms with Crippen molar-refractivity contribution in [2.24, 2.45) is 0 Å². The Hall–Kier alpha value is -1.55. The Balaban J connectivity index is 1.89. The fourth-order valence-electron chi connectivity index (χ4n) is 2.26. The van der Waals surface area contributed by atoms with Gasteiger partial charge in [0.05, 0.1) is 11.8 Å². The van der Waals surface area contributed by atoms with Crippen LogP contribution < -0.4 is 10.1 Å². The minimum absolute atomic E-state index is 0.0133. The van der Waals surface area contributed by atoms with Crippen LogP contribution in [-0.4, -0.2) is 18.1 Å². The van der Waals surface area contributed by atoms with Crippen molar-refractivity contribution in [1.82, 2.24) is 0 Å². The highest BCUT2D eigenvalue weighted by Gasteiger charge is 2.55. The number of fused-ring (bicyclic) bond motifs is 1. The third kappa shape index (κ3) is 1.77. The molecule has 1 aromatic rings. The van der Waals surface area contributed by atoms with Crippen LogP contribution in [0.1, 0.15) is 38.4 Å². The number of hydrogen-bond acceptors (Lipinski definition) is 3. The lowest BCUT2D eigenvalue weighted by Gasteiger charge is -2.26. The van der Waals surface area contributed by atoms with E-state index in [0.717, 1.165) is 29.8 Å². The molecule has 18 heavy (non-hydrogen) atoms. The summed E-state index contributed by atoms with van der Waals surface area (Å²) in [6, 6.07) is 5.82. The molecule has 1 atom stereocenters. The maximum absolute atomic E-state index is 11.8. The fraction of sp³-hybridized carbons (Fsp3) is 0.500. The van der Waals surface area contributed by atoms with Crippen LogP contribution >= 0.6 is 0 Å². The average molecular weight is 247 g/mol. The third-order valence-corrected chi connectivity index (χ3v) is 3.56. The van der Waals surface area contributed by atoms with Gasteiger partial charge in [0.25, 0.3) is 5.91 Å². The molecule has 1 aromatic carbocycles. The Morgan fingerprint density at radius 1 is 1.50 bits per heavy atom. The highest BCUT2D eigenvalue weighted by molar-refractivity contribution is 6.02. The van der Waals surface area contributed by atoms with Gasteiger partial charge < -0.3 is 14.8 Å². The minimum atomic E-state index is -0.583. The summed E-state index contributed by atoms with van der Waals surface area (Å²) in [6.45, 7) is 4.67. The van der Waals surface area contributed by atoms with Crippen LogP contribution in [0, 0.1) is 0 Å². The van der Waals surface area contributed by atoms with E-state index in [1.54, 1.807) is 0 Å². The summed E-state index contributed by atoms with van der Waals surface area (Å²) in [7, 11) is 0. The number of carbonyl (C=O) groups is 1. The molecule has 1 aliphatic heterocycles. The van der Waals surface area contributed by atoms with Gasteiger partial charge in [0.2, 0.25) is 0 Å². The molecule has 4 nitrogen and oxygen atoms in total. The van der Waals surface area contributed by atoms with E-state index in [0.29, 0.717) is 6.61 Å². The molecule has 1 unspecified atom stereocenters. The number of carbonyl (C=O) groups excluding carboxylic acids is 1. The van der Waals surface area contributed by atoms with E-state index < -0.39 is 5.60 Å². The molecule has 1 amide bonds. The van der Waals surface area contributed by atoms with Gasteiger partial charge in [-0.2, -0.15) is 0 Å². The first-order valence-corrected chi connectivity index (χ1v) is 6.41. The monoisotopic (exact) mass is 247 g/mol. The molecule has 3 rings (SSSR count). The number of amides is 1. The average Bonchev–Trinajstić information content (AvgIpc) is 3.11. The van der Waals surface area contributed by atoms with Crippen LogP contribution in [0.25, 0.3) is 0 Å². The lowest BCUT2D eigenvalue weighted by Crippen LogP contribution is -2.39. The molecule has 0 aromatic heterocycles. The molecule has 1 heterocycles. The molecule has 1 N–H and O–H groups in total. The summed E-state index contributed by atoms with van der Waals surface area (Å²) in [6.07, 6.45) is 1.66. The molecular weight excluding hydrogens is 230 g/mol. The van der Waals surface area contributed by atoms with Gasteiger partial charge in [-0.05, 0) is 31.5 Å². The van der Waals surface area contributed by atoms with Gasteiger partial charge in [-0.1, -0.05) is 6.07 Å². The molecule has 1 spiro atoms. The molecular formula is C14H17NO3. The second-order valence-corrected chi connectivity index (χ2v) is 4.90. The van der Waals surface area contributed by atoms with E-state index >= 15 is 0 Å². The van der Waals surface area contributed by atoms with Crippen LogP contribution in [0.4, 0.5) is 5.69 Å². The maximum Gasteiger partial charge on any atom is 0.268 e. The Bertz CT molecular complexity index is 494. The molecule has 1 aliphatic carbocycles. The summed E-state index contributed by atoms with van der Waals surface area (Å²) >= 11 is 0. The Kier molecular flexibility index (Phi) is 2.55. The van der Waals surface area contributed by atoms with E-state index in [-0.39, 0.29) is 12.0 Å². The van der Waals surface area contributed by atoms with Crippen molar-refractivity contribution in [3.63, 3.8) is 0 Å². The standard InChI is InChI=1S/C14H17NO3/c1-3-17-9(2)10-4-5-11-12(8-10)18-14(6-7-14)13(16)15-11/h4-5,8-9H,3,6-7H2,1-2H3,(H,15,16). The number of ether oxygens (including phenoxy) is 2. The van der Waals surface area contributed by atoms with Crippen molar-refractivity contribution in [2.45, 2.75) is 38.4 Å². The van der Waals surface area contributed by atoms with Crippen molar-refractivity contribution in [3.8, 4) is 5.75 Å². The number of anilines is 1. The van der Waals surface area contributed by atoms with Crippen LogP contribution in [0.5, 0.6) is 5.75 Å². The first-order chi connectivity index (χ1) is 8.64. The summed E-state index contributed by atoms with van der Waals surface area (Å²) in [5.41, 5.74) is 1.24. The SMILES string of the molecule is CCOC(C)c1ccc2c(c1)OC1(CC1)C(=O)N2. The van der Waals surface area contributed by atoms with Crippen molar-refractivity contribution in [3.05, 3.63) is 23.8 Å². The molecule has 1 fully saturated rings. The van der Waals surface area contributed by atoms with Gasteiger partial charge in [0.1, 0.15) is 5.75 Å². The topological polar surface area (TPSA) is 47.6 Å². The molecule has 0 radical (unpaired) electrons. The van der Waals surface area contributed by atoms with Crippen molar-refractivity contribution in [1.29, 1.82) is 0 Å². The predicted octanol–water partition coefficient (Wildman–Crippen LogP) is 2.65. The van der Waals surface area contributed by atoms with E-state index in [4.69, 9.17) is 9.47 Å². The lowest BCUT2D eigenvalue weighted by molar-refractivity contribution is -0.125. The zero-order valence-electron chi connectivity index (χ0n) is 10.7. The van der Waals surface area contributed by atoms with Gasteiger partial charge in [-0.15, -0.1) is 0 Å². The largest absolute Gasteiger partial charge is 0.475 e. The Labute approximate surface area is 106 Å². The Morgan fingerprint density at radius 2 is 2.28 bits per heavy atom. The Morgan fingerprint density at radius 3 is 2.94 bits per heavy atom. The first kappa shape index (κ1) is 11.5. The smallest absolute Gasteiger partial charge is 0.268 e. The normalized spacial score (nSPS) is 20.9. The van der Waals surface area contributed by atoms with E-state index in [1.807, 2.05) is 32.0 Å². The summed E-state index contributed by atoms with van der Waals surface area (Å²) < 4.78 is 11.4. The van der Waals surface area contributed by atoms with Crippen molar-refractivity contribution < 1.29 is 14.3 Å². The maximum atomic E-state index is 11.8. The van der Waals surface area contributed by atoms with Gasteiger partial charge in [-0.25, -0.2) is 0 Å². The second-order valence-electron chi connectivity index (χ2n) is 4.90. The molecule has 4 heteroatoms. The summed E-state index contributed by atoms with van der Waals surface area (Å²) in [4.78, 5) is 11.8. The second kappa shape index (κ2) is 3.99. The number of rotatable bonds is 3. The van der Waals surface area contributed by atoms with Crippen LogP contribution in [-0.2, 0) is 9.53 Å². The van der Waals surface area contributed by atoms with Gasteiger partial charge in [-0.3, -0.25) is 4.79 Å². The number of nitrogens with one attached hydrogen (secondary N) is 1. The van der Waals surface area contributed by atoms with E-state index in [1.165, 1.54) is 0 Å². The highest BCUT2D eigenvalue weighted by atomic mass is 16.5. The molecule has 96 valence electrons. The van der Waals surface area contributed by atoms with Crippen LogP contribution in [0.15, 0.2) is 18.2 Å². The lowest BCUT2D eigenvalue weighted by atomic mass is 10.1. The highest BCUT2D eigenvalue weighted by Crippen LogP contribution is 2.47. The molecule has 0 bridgehead atoms. The quantitative estimate of drug-likeness (QED) is 0.893.